The maximum atomic E-state index is 10.6. The second-order valence-electron chi connectivity index (χ2n) is 8.95. The summed E-state index contributed by atoms with van der Waals surface area (Å²) in [5, 5.41) is 20.1. The summed E-state index contributed by atoms with van der Waals surface area (Å²) in [7, 11) is 0. The van der Waals surface area contributed by atoms with Crippen LogP contribution in [0.15, 0.2) is 51.3 Å². The molecule has 194 valence electrons. The summed E-state index contributed by atoms with van der Waals surface area (Å²) in [6.07, 6.45) is 1.55. The van der Waals surface area contributed by atoms with Crippen LogP contribution in [0.3, 0.4) is 0 Å². The van der Waals surface area contributed by atoms with Crippen molar-refractivity contribution in [2.45, 2.75) is 38.7 Å². The third kappa shape index (κ3) is 6.19. The second-order valence-corrected chi connectivity index (χ2v) is 9.38. The zero-order chi connectivity index (χ0) is 23.7. The van der Waals surface area contributed by atoms with Gasteiger partial charge in [-0.25, -0.2) is 0 Å². The number of aliphatic hydroxyl groups is 1. The van der Waals surface area contributed by atoms with Crippen LogP contribution < -0.4 is 4.74 Å². The molecule has 2 aromatic heterocycles. The number of nitrogens with zero attached hydrogens (tertiary/aromatic N) is 3. The highest BCUT2D eigenvalue weighted by molar-refractivity contribution is 6.30. The number of halogens is 2. The molecule has 0 unspecified atom stereocenters. The number of piperidine rings is 1. The average Bonchev–Trinajstić information content (AvgIpc) is 3.45. The number of aryl methyl sites for hydroxylation is 2. The number of aromatic nitrogens is 2. The van der Waals surface area contributed by atoms with E-state index in [-0.39, 0.29) is 24.5 Å². The smallest absolute Gasteiger partial charge is 0.283 e. The highest BCUT2D eigenvalue weighted by Crippen LogP contribution is 2.34. The van der Waals surface area contributed by atoms with Gasteiger partial charge in [0.1, 0.15) is 24.0 Å². The molecule has 1 saturated heterocycles. The van der Waals surface area contributed by atoms with Crippen LogP contribution >= 0.6 is 24.0 Å². The van der Waals surface area contributed by atoms with Crippen molar-refractivity contribution in [1.82, 2.24) is 15.1 Å². The molecule has 8 nitrogen and oxygen atoms in total. The molecule has 1 aliphatic heterocycles. The number of likely N-dealkylation sites (tertiary alicyclic amines) is 1. The first-order chi connectivity index (χ1) is 16.5. The van der Waals surface area contributed by atoms with Gasteiger partial charge in [0.25, 0.3) is 5.89 Å². The van der Waals surface area contributed by atoms with Gasteiger partial charge in [-0.2, -0.15) is 0 Å². The predicted octanol–water partition coefficient (Wildman–Crippen LogP) is 4.97. The molecule has 4 aromatic rings. The van der Waals surface area contributed by atoms with Gasteiger partial charge in [0.15, 0.2) is 5.76 Å². The molecule has 0 spiro atoms. The standard InChI is InChI=1S/C26H28ClN3O4.ClH.H2O/c1-16-12-19(27)6-7-21(16)18-8-10-30(11-9-18)14-20(31)15-32-23-4-3-5-24-22(23)13-25(34-24)26-29-28-17(2)33-26;;/h3-7,12-13,18,20,31H,8-11,14-15H2,1-2H3;1H;1H2/t20-;;/m0../s1. The Morgan fingerprint density at radius 1 is 1.11 bits per heavy atom. The van der Waals surface area contributed by atoms with E-state index >= 15 is 0 Å². The minimum Gasteiger partial charge on any atom is -0.490 e. The average molecular weight is 536 g/mol. The molecule has 0 aliphatic carbocycles. The van der Waals surface area contributed by atoms with Gasteiger partial charge < -0.3 is 29.1 Å². The maximum absolute atomic E-state index is 10.6. The molecular formula is C26H31Cl2N3O5. The van der Waals surface area contributed by atoms with Crippen molar-refractivity contribution in [2.24, 2.45) is 0 Å². The van der Waals surface area contributed by atoms with E-state index in [9.17, 15) is 5.11 Å². The monoisotopic (exact) mass is 535 g/mol. The van der Waals surface area contributed by atoms with Gasteiger partial charge in [-0.1, -0.05) is 23.7 Å². The summed E-state index contributed by atoms with van der Waals surface area (Å²) in [6, 6.07) is 13.6. The Morgan fingerprint density at radius 2 is 1.89 bits per heavy atom. The molecule has 0 radical (unpaired) electrons. The van der Waals surface area contributed by atoms with Crippen molar-refractivity contribution in [3.8, 4) is 17.4 Å². The van der Waals surface area contributed by atoms with Crippen LogP contribution in [0, 0.1) is 13.8 Å². The normalized spacial score (nSPS) is 15.3. The number of aliphatic hydroxyl groups excluding tert-OH is 1. The van der Waals surface area contributed by atoms with Crippen molar-refractivity contribution in [3.63, 3.8) is 0 Å². The lowest BCUT2D eigenvalue weighted by atomic mass is 9.87. The molecule has 0 saturated carbocycles. The van der Waals surface area contributed by atoms with Crippen LogP contribution in [0.25, 0.3) is 22.6 Å². The van der Waals surface area contributed by atoms with Crippen LogP contribution in [0.1, 0.15) is 35.8 Å². The highest BCUT2D eigenvalue weighted by Gasteiger charge is 2.24. The summed E-state index contributed by atoms with van der Waals surface area (Å²) in [5.41, 5.74) is 3.30. The molecule has 36 heavy (non-hydrogen) atoms. The second kappa shape index (κ2) is 12.1. The summed E-state index contributed by atoms with van der Waals surface area (Å²) >= 11 is 6.11. The fourth-order valence-corrected chi connectivity index (χ4v) is 4.95. The topological polar surface area (TPSA) is 116 Å². The lowest BCUT2D eigenvalue weighted by Gasteiger charge is -2.33. The molecule has 1 aliphatic rings. The van der Waals surface area contributed by atoms with E-state index in [0.29, 0.717) is 41.3 Å². The Labute approximate surface area is 220 Å². The van der Waals surface area contributed by atoms with Crippen LogP contribution in [0.4, 0.5) is 0 Å². The van der Waals surface area contributed by atoms with E-state index in [1.807, 2.05) is 36.4 Å². The van der Waals surface area contributed by atoms with Crippen molar-refractivity contribution in [3.05, 3.63) is 64.5 Å². The number of β-amino-alcohol motifs (C(OH)–C–C–N with tert-alkyl or cyclic N) is 1. The lowest BCUT2D eigenvalue weighted by Crippen LogP contribution is -2.40. The first-order valence-electron chi connectivity index (χ1n) is 11.6. The van der Waals surface area contributed by atoms with Gasteiger partial charge in [-0.15, -0.1) is 22.6 Å². The predicted molar refractivity (Wildman–Crippen MR) is 141 cm³/mol. The number of rotatable bonds is 7. The Kier molecular flexibility index (Phi) is 9.38. The summed E-state index contributed by atoms with van der Waals surface area (Å²) in [5.74, 6) is 2.49. The minimum absolute atomic E-state index is 0. The first kappa shape index (κ1) is 28.0. The zero-order valence-corrected chi connectivity index (χ0v) is 21.8. The van der Waals surface area contributed by atoms with Gasteiger partial charge in [-0.3, -0.25) is 0 Å². The lowest BCUT2D eigenvalue weighted by molar-refractivity contribution is 0.0599. The van der Waals surface area contributed by atoms with Crippen LogP contribution in [-0.4, -0.2) is 58.0 Å². The van der Waals surface area contributed by atoms with Gasteiger partial charge in [-0.05, 0) is 74.2 Å². The number of benzene rings is 2. The van der Waals surface area contributed by atoms with Crippen LogP contribution in [0.2, 0.25) is 5.02 Å². The molecule has 3 heterocycles. The van der Waals surface area contributed by atoms with E-state index in [0.717, 1.165) is 36.3 Å². The third-order valence-corrected chi connectivity index (χ3v) is 6.65. The van der Waals surface area contributed by atoms with Gasteiger partial charge in [0.2, 0.25) is 5.89 Å². The largest absolute Gasteiger partial charge is 0.490 e. The van der Waals surface area contributed by atoms with Crippen molar-refractivity contribution >= 4 is 35.0 Å². The Balaban J connectivity index is 0.00000180. The highest BCUT2D eigenvalue weighted by atomic mass is 35.5. The SMILES string of the molecule is Cc1nnc(-c2cc3c(OC[C@@H](O)CN4CCC(c5ccc(Cl)cc5C)CC4)cccc3o2)o1.Cl.O. The summed E-state index contributed by atoms with van der Waals surface area (Å²) in [4.78, 5) is 2.31. The molecule has 3 N–H and O–H groups in total. The zero-order valence-electron chi connectivity index (χ0n) is 20.2. The Hall–Kier alpha value is -2.62. The molecule has 0 bridgehead atoms. The number of fused-ring (bicyclic) bond motifs is 1. The van der Waals surface area contributed by atoms with E-state index in [2.05, 4.69) is 28.1 Å². The molecular weight excluding hydrogens is 505 g/mol. The molecule has 1 fully saturated rings. The van der Waals surface area contributed by atoms with Crippen LogP contribution in [0.5, 0.6) is 5.75 Å². The number of ether oxygens (including phenoxy) is 1. The third-order valence-electron chi connectivity index (χ3n) is 6.42. The van der Waals surface area contributed by atoms with Crippen molar-refractivity contribution < 1.29 is 24.2 Å². The van der Waals surface area contributed by atoms with Crippen LogP contribution in [-0.2, 0) is 0 Å². The molecule has 1 atom stereocenters. The van der Waals surface area contributed by atoms with E-state index in [4.69, 9.17) is 25.2 Å². The Morgan fingerprint density at radius 3 is 2.58 bits per heavy atom. The van der Waals surface area contributed by atoms with Crippen molar-refractivity contribution in [1.29, 1.82) is 0 Å². The van der Waals surface area contributed by atoms with E-state index < -0.39 is 6.10 Å². The minimum atomic E-state index is -0.589. The first-order valence-corrected chi connectivity index (χ1v) is 12.0. The summed E-state index contributed by atoms with van der Waals surface area (Å²) in [6.45, 7) is 6.55. The quantitative estimate of drug-likeness (QED) is 0.355. The number of hydrogen-bond acceptors (Lipinski definition) is 7. The van der Waals surface area contributed by atoms with Gasteiger partial charge in [0.05, 0.1) is 5.39 Å². The van der Waals surface area contributed by atoms with Crippen molar-refractivity contribution in [2.75, 3.05) is 26.2 Å². The fraction of sp³-hybridized carbons (Fsp3) is 0.385. The summed E-state index contributed by atoms with van der Waals surface area (Å²) < 4.78 is 17.3. The molecule has 10 heteroatoms. The van der Waals surface area contributed by atoms with E-state index in [1.165, 1.54) is 11.1 Å². The fourth-order valence-electron chi connectivity index (χ4n) is 4.72. The van der Waals surface area contributed by atoms with E-state index in [1.54, 1.807) is 6.92 Å². The maximum Gasteiger partial charge on any atom is 0.283 e. The number of furan rings is 1. The molecule has 2 aromatic carbocycles. The number of hydrogen-bond donors (Lipinski definition) is 1. The van der Waals surface area contributed by atoms with Gasteiger partial charge >= 0.3 is 0 Å². The molecule has 0 amide bonds. The Bertz CT molecular complexity index is 1280. The molecule has 5 rings (SSSR count). The van der Waals surface area contributed by atoms with Gasteiger partial charge in [0, 0.05) is 24.6 Å².